The highest BCUT2D eigenvalue weighted by Crippen LogP contribution is 2.15. The van der Waals surface area contributed by atoms with Crippen molar-refractivity contribution in [2.24, 2.45) is 0 Å². The lowest BCUT2D eigenvalue weighted by molar-refractivity contribution is -0.121. The Kier molecular flexibility index (Phi) is 3.96. The maximum absolute atomic E-state index is 11.5. The first-order valence-electron chi connectivity index (χ1n) is 5.37. The van der Waals surface area contributed by atoms with Gasteiger partial charge >= 0.3 is 0 Å². The van der Waals surface area contributed by atoms with Gasteiger partial charge in [0.2, 0.25) is 5.91 Å². The molecule has 1 amide bonds. The van der Waals surface area contributed by atoms with Crippen molar-refractivity contribution >= 4 is 21.8 Å². The molecule has 0 bridgehead atoms. The van der Waals surface area contributed by atoms with E-state index < -0.39 is 0 Å². The summed E-state index contributed by atoms with van der Waals surface area (Å²) in [4.78, 5) is 11.5. The number of carbonyl (C=O) groups excluding carboxylic acids is 1. The maximum Gasteiger partial charge on any atom is 0.220 e. The summed E-state index contributed by atoms with van der Waals surface area (Å²) in [6.07, 6.45) is 1.72. The van der Waals surface area contributed by atoms with E-state index in [1.165, 1.54) is 0 Å². The van der Waals surface area contributed by atoms with Crippen molar-refractivity contribution in [1.82, 2.24) is 5.32 Å². The number of hydrogen-bond acceptors (Lipinski definition) is 2. The Hall–Kier alpha value is -0.870. The van der Waals surface area contributed by atoms with Crippen LogP contribution in [0.15, 0.2) is 28.7 Å². The van der Waals surface area contributed by atoms with E-state index in [2.05, 4.69) is 21.2 Å². The van der Waals surface area contributed by atoms with Crippen molar-refractivity contribution in [1.29, 1.82) is 0 Å². The molecule has 4 heteroatoms. The number of benzene rings is 1. The Morgan fingerprint density at radius 1 is 1.56 bits per heavy atom. The summed E-state index contributed by atoms with van der Waals surface area (Å²) in [7, 11) is 0. The zero-order chi connectivity index (χ0) is 11.4. The Morgan fingerprint density at radius 3 is 3.06 bits per heavy atom. The van der Waals surface area contributed by atoms with Gasteiger partial charge in [0.05, 0.1) is 12.7 Å². The van der Waals surface area contributed by atoms with Crippen molar-refractivity contribution in [3.8, 4) is 0 Å². The van der Waals surface area contributed by atoms with Gasteiger partial charge in [0.1, 0.15) is 0 Å². The largest absolute Gasteiger partial charge is 0.373 e. The van der Waals surface area contributed by atoms with Crippen molar-refractivity contribution < 1.29 is 9.53 Å². The number of carbonyl (C=O) groups is 1. The van der Waals surface area contributed by atoms with E-state index in [-0.39, 0.29) is 5.91 Å². The SMILES string of the molecule is O=C(CC[C@@H]1CO1)NCc1cccc(Br)c1. The van der Waals surface area contributed by atoms with Gasteiger partial charge in [0, 0.05) is 17.4 Å². The number of hydrogen-bond donors (Lipinski definition) is 1. The number of epoxide rings is 1. The highest BCUT2D eigenvalue weighted by molar-refractivity contribution is 9.10. The van der Waals surface area contributed by atoms with Crippen LogP contribution in [0.4, 0.5) is 0 Å². The van der Waals surface area contributed by atoms with Gasteiger partial charge in [-0.25, -0.2) is 0 Å². The fraction of sp³-hybridized carbons (Fsp3) is 0.417. The van der Waals surface area contributed by atoms with Crippen LogP contribution in [0.1, 0.15) is 18.4 Å². The topological polar surface area (TPSA) is 41.6 Å². The number of nitrogens with one attached hydrogen (secondary N) is 1. The van der Waals surface area contributed by atoms with Crippen molar-refractivity contribution in [3.63, 3.8) is 0 Å². The van der Waals surface area contributed by atoms with Gasteiger partial charge in [0.15, 0.2) is 0 Å². The van der Waals surface area contributed by atoms with E-state index in [1.807, 2.05) is 24.3 Å². The van der Waals surface area contributed by atoms with Crippen LogP contribution in [0.5, 0.6) is 0 Å². The van der Waals surface area contributed by atoms with Gasteiger partial charge < -0.3 is 10.1 Å². The van der Waals surface area contributed by atoms with Crippen LogP contribution in [-0.4, -0.2) is 18.6 Å². The molecule has 1 heterocycles. The molecule has 1 atom stereocenters. The Labute approximate surface area is 103 Å². The molecule has 0 saturated carbocycles. The molecule has 0 radical (unpaired) electrons. The van der Waals surface area contributed by atoms with Gasteiger partial charge in [-0.3, -0.25) is 4.79 Å². The molecule has 1 N–H and O–H groups in total. The quantitative estimate of drug-likeness (QED) is 0.843. The molecule has 1 saturated heterocycles. The second-order valence-corrected chi connectivity index (χ2v) is 4.82. The average molecular weight is 284 g/mol. The molecule has 0 aliphatic carbocycles. The molecule has 1 aliphatic rings. The molecule has 1 aliphatic heterocycles. The highest BCUT2D eigenvalue weighted by atomic mass is 79.9. The highest BCUT2D eigenvalue weighted by Gasteiger charge is 2.22. The van der Waals surface area contributed by atoms with Crippen LogP contribution in [0.25, 0.3) is 0 Å². The molecule has 86 valence electrons. The van der Waals surface area contributed by atoms with Crippen molar-refractivity contribution in [2.45, 2.75) is 25.5 Å². The second kappa shape index (κ2) is 5.46. The van der Waals surface area contributed by atoms with Crippen LogP contribution in [0.3, 0.4) is 0 Å². The lowest BCUT2D eigenvalue weighted by Gasteiger charge is -2.05. The molecule has 0 aromatic heterocycles. The van der Waals surface area contributed by atoms with Gasteiger partial charge in [-0.2, -0.15) is 0 Å². The van der Waals surface area contributed by atoms with Crippen LogP contribution in [-0.2, 0) is 16.1 Å². The zero-order valence-electron chi connectivity index (χ0n) is 8.91. The van der Waals surface area contributed by atoms with E-state index >= 15 is 0 Å². The van der Waals surface area contributed by atoms with E-state index in [9.17, 15) is 4.79 Å². The lowest BCUT2D eigenvalue weighted by Crippen LogP contribution is -2.22. The Bertz CT molecular complexity index is 377. The minimum Gasteiger partial charge on any atom is -0.373 e. The van der Waals surface area contributed by atoms with Crippen LogP contribution in [0.2, 0.25) is 0 Å². The average Bonchev–Trinajstić information content (AvgIpc) is 3.07. The number of amides is 1. The summed E-state index contributed by atoms with van der Waals surface area (Å²) in [6.45, 7) is 1.41. The third-order valence-electron chi connectivity index (χ3n) is 2.47. The predicted octanol–water partition coefficient (Wildman–Crippen LogP) is 2.24. The number of rotatable bonds is 5. The van der Waals surface area contributed by atoms with Crippen LogP contribution < -0.4 is 5.32 Å². The summed E-state index contributed by atoms with van der Waals surface area (Å²) < 4.78 is 6.08. The maximum atomic E-state index is 11.5. The predicted molar refractivity (Wildman–Crippen MR) is 65.0 cm³/mol. The molecule has 1 fully saturated rings. The number of ether oxygens (including phenoxy) is 1. The molecular formula is C12H14BrNO2. The molecule has 16 heavy (non-hydrogen) atoms. The smallest absolute Gasteiger partial charge is 0.220 e. The van der Waals surface area contributed by atoms with Crippen molar-refractivity contribution in [2.75, 3.05) is 6.61 Å². The fourth-order valence-corrected chi connectivity index (χ4v) is 1.91. The second-order valence-electron chi connectivity index (χ2n) is 3.90. The molecule has 2 rings (SSSR count). The summed E-state index contributed by atoms with van der Waals surface area (Å²) in [6, 6.07) is 7.93. The van der Waals surface area contributed by atoms with Gasteiger partial charge in [-0.1, -0.05) is 28.1 Å². The standard InChI is InChI=1S/C12H14BrNO2/c13-10-3-1-2-9(6-10)7-14-12(15)5-4-11-8-16-11/h1-3,6,11H,4-5,7-8H2,(H,14,15)/t11-/m1/s1. The summed E-state index contributed by atoms with van der Waals surface area (Å²) >= 11 is 3.40. The number of halogens is 1. The zero-order valence-corrected chi connectivity index (χ0v) is 10.5. The Morgan fingerprint density at radius 2 is 2.38 bits per heavy atom. The molecule has 1 aromatic rings. The van der Waals surface area contributed by atoms with Gasteiger partial charge in [0.25, 0.3) is 0 Å². The molecular weight excluding hydrogens is 270 g/mol. The van der Waals surface area contributed by atoms with Gasteiger partial charge in [-0.15, -0.1) is 0 Å². The van der Waals surface area contributed by atoms with E-state index in [4.69, 9.17) is 4.74 Å². The summed E-state index contributed by atoms with van der Waals surface area (Å²) in [5.41, 5.74) is 1.10. The van der Waals surface area contributed by atoms with E-state index in [0.717, 1.165) is 23.1 Å². The first-order chi connectivity index (χ1) is 7.74. The third-order valence-corrected chi connectivity index (χ3v) is 2.97. The van der Waals surface area contributed by atoms with Crippen molar-refractivity contribution in [3.05, 3.63) is 34.3 Å². The Balaban J connectivity index is 1.71. The van der Waals surface area contributed by atoms with Gasteiger partial charge in [-0.05, 0) is 24.1 Å². The lowest BCUT2D eigenvalue weighted by atomic mass is 10.2. The summed E-state index contributed by atoms with van der Waals surface area (Å²) in [5.74, 6) is 0.0930. The fourth-order valence-electron chi connectivity index (χ4n) is 1.46. The minimum absolute atomic E-state index is 0.0930. The molecule has 0 spiro atoms. The van der Waals surface area contributed by atoms with E-state index in [0.29, 0.717) is 19.1 Å². The minimum atomic E-state index is 0.0930. The van der Waals surface area contributed by atoms with Crippen LogP contribution >= 0.6 is 15.9 Å². The summed E-state index contributed by atoms with van der Waals surface area (Å²) in [5, 5.41) is 2.89. The molecule has 3 nitrogen and oxygen atoms in total. The van der Waals surface area contributed by atoms with E-state index in [1.54, 1.807) is 0 Å². The normalized spacial score (nSPS) is 18.2. The van der Waals surface area contributed by atoms with Crippen LogP contribution in [0, 0.1) is 0 Å². The monoisotopic (exact) mass is 283 g/mol. The first-order valence-corrected chi connectivity index (χ1v) is 6.16. The molecule has 1 aromatic carbocycles. The molecule has 0 unspecified atom stereocenters. The first kappa shape index (κ1) is 11.6. The third kappa shape index (κ3) is 3.94.